The monoisotopic (exact) mass is 403 g/mol. The van der Waals surface area contributed by atoms with E-state index in [1.54, 1.807) is 11.3 Å². The van der Waals surface area contributed by atoms with E-state index in [1.165, 1.54) is 4.70 Å². The lowest BCUT2D eigenvalue weighted by molar-refractivity contribution is -0.143. The van der Waals surface area contributed by atoms with E-state index >= 15 is 0 Å². The fourth-order valence-corrected chi connectivity index (χ4v) is 4.68. The van der Waals surface area contributed by atoms with Crippen LogP contribution in [-0.2, 0) is 9.53 Å². The number of benzene rings is 1. The van der Waals surface area contributed by atoms with Gasteiger partial charge in [0.05, 0.1) is 22.4 Å². The Morgan fingerprint density at radius 1 is 1.28 bits per heavy atom. The zero-order valence-electron chi connectivity index (χ0n) is 13.8. The van der Waals surface area contributed by atoms with Crippen LogP contribution in [0.3, 0.4) is 0 Å². The molecule has 0 radical (unpaired) electrons. The molecule has 1 amide bonds. The molecule has 0 saturated carbocycles. The first-order chi connectivity index (χ1) is 11.3. The lowest BCUT2D eigenvalue weighted by Gasteiger charge is -2.26. The average Bonchev–Trinajstić information content (AvgIpc) is 3.30. The summed E-state index contributed by atoms with van der Waals surface area (Å²) in [6.07, 6.45) is 3.39. The molecular weight excluding hydrogens is 381 g/mol. The lowest BCUT2D eigenvalue weighted by atomic mass is 10.1. The number of halogens is 2. The molecule has 8 heteroatoms. The highest BCUT2D eigenvalue weighted by atomic mass is 35.5. The Balaban J connectivity index is 0.00000113. The van der Waals surface area contributed by atoms with Crippen molar-refractivity contribution in [1.29, 1.82) is 0 Å². The molecule has 1 aromatic carbocycles. The standard InChI is InChI=1S/C17H21N3O2S.2ClH/c18-10-11-7-8-14(22-11)17(21)20-9-3-5-13(20)16-19-12-4-1-2-6-15(12)23-16;;/h1-2,4,6,11,13-14H,3,5,7-10,18H2;2*1H/t11-,13?,14+;;/m1../s1. The van der Waals surface area contributed by atoms with Crippen molar-refractivity contribution >= 4 is 52.3 Å². The largest absolute Gasteiger partial charge is 0.364 e. The second-order valence-corrected chi connectivity index (χ2v) is 7.33. The van der Waals surface area contributed by atoms with Crippen LogP contribution in [0.2, 0.25) is 0 Å². The smallest absolute Gasteiger partial charge is 0.252 e. The summed E-state index contributed by atoms with van der Waals surface area (Å²) in [4.78, 5) is 19.6. The number of ether oxygens (including phenoxy) is 1. The van der Waals surface area contributed by atoms with Crippen molar-refractivity contribution in [2.24, 2.45) is 5.73 Å². The van der Waals surface area contributed by atoms with Gasteiger partial charge in [-0.1, -0.05) is 12.1 Å². The van der Waals surface area contributed by atoms with Gasteiger partial charge < -0.3 is 15.4 Å². The van der Waals surface area contributed by atoms with Gasteiger partial charge in [0, 0.05) is 13.1 Å². The van der Waals surface area contributed by atoms with Crippen LogP contribution in [-0.4, -0.2) is 41.1 Å². The third-order valence-electron chi connectivity index (χ3n) is 4.78. The summed E-state index contributed by atoms with van der Waals surface area (Å²) in [5.74, 6) is 0.114. The summed E-state index contributed by atoms with van der Waals surface area (Å²) in [5, 5.41) is 1.05. The first-order valence-electron chi connectivity index (χ1n) is 8.27. The van der Waals surface area contributed by atoms with Crippen LogP contribution in [0.25, 0.3) is 10.2 Å². The topological polar surface area (TPSA) is 68.5 Å². The Morgan fingerprint density at radius 3 is 2.80 bits per heavy atom. The molecule has 5 nitrogen and oxygen atoms in total. The van der Waals surface area contributed by atoms with Crippen LogP contribution in [0.15, 0.2) is 24.3 Å². The minimum Gasteiger partial charge on any atom is -0.364 e. The number of fused-ring (bicyclic) bond motifs is 1. The van der Waals surface area contributed by atoms with Crippen molar-refractivity contribution in [1.82, 2.24) is 9.88 Å². The van der Waals surface area contributed by atoms with Gasteiger partial charge in [-0.05, 0) is 37.8 Å². The number of rotatable bonds is 3. The van der Waals surface area contributed by atoms with Gasteiger partial charge in [-0.15, -0.1) is 36.2 Å². The molecule has 1 aromatic heterocycles. The summed E-state index contributed by atoms with van der Waals surface area (Å²) >= 11 is 1.70. The Bertz CT molecular complexity index is 694. The second-order valence-electron chi connectivity index (χ2n) is 6.27. The first-order valence-corrected chi connectivity index (χ1v) is 9.09. The van der Waals surface area contributed by atoms with Crippen molar-refractivity contribution in [3.63, 3.8) is 0 Å². The van der Waals surface area contributed by atoms with Gasteiger partial charge in [-0.2, -0.15) is 0 Å². The number of hydrogen-bond donors (Lipinski definition) is 1. The fraction of sp³-hybridized carbons (Fsp3) is 0.529. The van der Waals surface area contributed by atoms with Crippen molar-refractivity contribution in [2.75, 3.05) is 13.1 Å². The summed E-state index contributed by atoms with van der Waals surface area (Å²) in [6.45, 7) is 1.29. The molecule has 0 aliphatic carbocycles. The molecule has 4 rings (SSSR count). The summed E-state index contributed by atoms with van der Waals surface area (Å²) in [6, 6.07) is 8.25. The van der Waals surface area contributed by atoms with Crippen LogP contribution >= 0.6 is 36.2 Å². The number of thiazole rings is 1. The molecule has 25 heavy (non-hydrogen) atoms. The Morgan fingerprint density at radius 2 is 2.08 bits per heavy atom. The maximum atomic E-state index is 12.8. The number of nitrogens with two attached hydrogens (primary N) is 1. The van der Waals surface area contributed by atoms with E-state index in [2.05, 4.69) is 6.07 Å². The number of hydrogen-bond acceptors (Lipinski definition) is 5. The van der Waals surface area contributed by atoms with Crippen LogP contribution in [0.5, 0.6) is 0 Å². The minimum absolute atomic E-state index is 0. The van der Waals surface area contributed by atoms with Crippen molar-refractivity contribution in [3.05, 3.63) is 29.3 Å². The maximum absolute atomic E-state index is 12.8. The summed E-state index contributed by atoms with van der Waals surface area (Å²) in [5.41, 5.74) is 6.67. The Labute approximate surface area is 163 Å². The van der Waals surface area contributed by atoms with Crippen LogP contribution in [0.1, 0.15) is 36.7 Å². The van der Waals surface area contributed by atoms with Gasteiger partial charge in [-0.3, -0.25) is 4.79 Å². The van der Waals surface area contributed by atoms with E-state index in [9.17, 15) is 4.79 Å². The molecule has 2 saturated heterocycles. The molecule has 2 aliphatic heterocycles. The van der Waals surface area contributed by atoms with Crippen molar-refractivity contribution in [3.8, 4) is 0 Å². The zero-order valence-corrected chi connectivity index (χ0v) is 16.2. The maximum Gasteiger partial charge on any atom is 0.252 e. The van der Waals surface area contributed by atoms with E-state index in [1.807, 2.05) is 23.1 Å². The van der Waals surface area contributed by atoms with Gasteiger partial charge in [-0.25, -0.2) is 4.98 Å². The highest BCUT2D eigenvalue weighted by Gasteiger charge is 2.39. The summed E-state index contributed by atoms with van der Waals surface area (Å²) < 4.78 is 6.98. The van der Waals surface area contributed by atoms with Gasteiger partial charge in [0.1, 0.15) is 11.1 Å². The average molecular weight is 404 g/mol. The van der Waals surface area contributed by atoms with Gasteiger partial charge in [0.2, 0.25) is 0 Å². The van der Waals surface area contributed by atoms with E-state index in [-0.39, 0.29) is 49.0 Å². The molecule has 1 unspecified atom stereocenters. The van der Waals surface area contributed by atoms with Crippen LogP contribution in [0.4, 0.5) is 0 Å². The highest BCUT2D eigenvalue weighted by molar-refractivity contribution is 7.18. The van der Waals surface area contributed by atoms with Crippen LogP contribution in [0, 0.1) is 0 Å². The first kappa shape index (κ1) is 20.4. The minimum atomic E-state index is -0.321. The quantitative estimate of drug-likeness (QED) is 0.852. The third kappa shape index (κ3) is 3.93. The van der Waals surface area contributed by atoms with E-state index in [0.717, 1.165) is 42.8 Å². The fourth-order valence-electron chi connectivity index (χ4n) is 3.57. The lowest BCUT2D eigenvalue weighted by Crippen LogP contribution is -2.39. The second kappa shape index (κ2) is 8.64. The number of carbonyl (C=O) groups excluding carboxylic acids is 1. The number of amides is 1. The predicted octanol–water partition coefficient (Wildman–Crippen LogP) is 3.31. The number of para-hydroxylation sites is 1. The molecule has 0 bridgehead atoms. The number of likely N-dealkylation sites (tertiary alicyclic amines) is 1. The van der Waals surface area contributed by atoms with Gasteiger partial charge in [0.25, 0.3) is 5.91 Å². The van der Waals surface area contributed by atoms with Crippen molar-refractivity contribution in [2.45, 2.75) is 43.9 Å². The third-order valence-corrected chi connectivity index (χ3v) is 5.91. The molecular formula is C17H23Cl2N3O2S. The normalized spacial score (nSPS) is 25.6. The molecule has 2 fully saturated rings. The zero-order chi connectivity index (χ0) is 15.8. The molecule has 0 spiro atoms. The van der Waals surface area contributed by atoms with Crippen molar-refractivity contribution < 1.29 is 9.53 Å². The summed E-state index contributed by atoms with van der Waals surface area (Å²) in [7, 11) is 0. The molecule has 2 N–H and O–H groups in total. The Kier molecular flexibility index (Phi) is 7.05. The molecule has 138 valence electrons. The van der Waals surface area contributed by atoms with E-state index < -0.39 is 0 Å². The highest BCUT2D eigenvalue weighted by Crippen LogP contribution is 2.37. The molecule has 3 atom stereocenters. The number of carbonyl (C=O) groups is 1. The van der Waals surface area contributed by atoms with Gasteiger partial charge in [0.15, 0.2) is 0 Å². The number of aromatic nitrogens is 1. The SMILES string of the molecule is Cl.Cl.NC[C@H]1CC[C@@H](C(=O)N2CCCC2c2nc3ccccc3s2)O1. The number of nitrogens with zero attached hydrogens (tertiary/aromatic N) is 2. The Hall–Kier alpha value is -0.920. The van der Waals surface area contributed by atoms with Gasteiger partial charge >= 0.3 is 0 Å². The van der Waals surface area contributed by atoms with E-state index in [0.29, 0.717) is 6.54 Å². The molecule has 2 aromatic rings. The molecule has 3 heterocycles. The van der Waals surface area contributed by atoms with E-state index in [4.69, 9.17) is 15.5 Å². The molecule has 2 aliphatic rings. The predicted molar refractivity (Wildman–Crippen MR) is 105 cm³/mol. The van der Waals surface area contributed by atoms with Crippen LogP contribution < -0.4 is 5.73 Å².